The smallest absolute Gasteiger partial charge is 0.306 e. The van der Waals surface area contributed by atoms with Gasteiger partial charge < -0.3 is 19.5 Å². The molecule has 0 saturated carbocycles. The van der Waals surface area contributed by atoms with Gasteiger partial charge in [0.05, 0.1) is 17.8 Å². The minimum atomic E-state index is -0.582. The molecule has 1 aliphatic rings. The predicted molar refractivity (Wildman–Crippen MR) is 98.2 cm³/mol. The zero-order valence-electron chi connectivity index (χ0n) is 14.5. The molecule has 8 heteroatoms. The number of amides is 1. The Kier molecular flexibility index (Phi) is 6.43. The Bertz CT molecular complexity index is 804. The first-order valence-corrected chi connectivity index (χ1v) is 9.37. The molecule has 0 spiro atoms. The van der Waals surface area contributed by atoms with Gasteiger partial charge in [-0.15, -0.1) is 11.3 Å². The third kappa shape index (κ3) is 5.55. The number of carbonyl (C=O) groups is 3. The molecule has 0 bridgehead atoms. The monoisotopic (exact) mass is 389 g/mol. The van der Waals surface area contributed by atoms with E-state index in [1.807, 2.05) is 18.2 Å². The van der Waals surface area contributed by atoms with Gasteiger partial charge >= 0.3 is 5.97 Å². The van der Waals surface area contributed by atoms with Crippen molar-refractivity contribution in [1.29, 1.82) is 0 Å². The molecule has 7 nitrogen and oxygen atoms in total. The van der Waals surface area contributed by atoms with Crippen molar-refractivity contribution in [1.82, 2.24) is 5.32 Å². The van der Waals surface area contributed by atoms with Gasteiger partial charge in [0.1, 0.15) is 12.7 Å². The van der Waals surface area contributed by atoms with Crippen molar-refractivity contribution in [2.45, 2.75) is 18.9 Å². The highest BCUT2D eigenvalue weighted by atomic mass is 32.1. The van der Waals surface area contributed by atoms with Crippen molar-refractivity contribution in [2.75, 3.05) is 19.8 Å². The van der Waals surface area contributed by atoms with Crippen molar-refractivity contribution in [3.63, 3.8) is 0 Å². The van der Waals surface area contributed by atoms with Crippen LogP contribution in [0.15, 0.2) is 41.8 Å². The molecule has 0 unspecified atom stereocenters. The van der Waals surface area contributed by atoms with E-state index >= 15 is 0 Å². The average Bonchev–Trinajstić information content (AvgIpc) is 3.23. The summed E-state index contributed by atoms with van der Waals surface area (Å²) >= 11 is 1.33. The van der Waals surface area contributed by atoms with Crippen molar-refractivity contribution < 1.29 is 28.6 Å². The van der Waals surface area contributed by atoms with Crippen LogP contribution in [0, 0.1) is 0 Å². The molecule has 27 heavy (non-hydrogen) atoms. The van der Waals surface area contributed by atoms with Gasteiger partial charge in [0.15, 0.2) is 23.9 Å². The molecule has 1 aromatic carbocycles. The highest BCUT2D eigenvalue weighted by molar-refractivity contribution is 7.12. The maximum atomic E-state index is 11.8. The molecule has 0 fully saturated rings. The Balaban J connectivity index is 1.32. The summed E-state index contributed by atoms with van der Waals surface area (Å²) in [5, 5.41) is 4.44. The fraction of sp³-hybridized carbons (Fsp3) is 0.316. The molecular formula is C19H19NO6S. The van der Waals surface area contributed by atoms with E-state index in [1.165, 1.54) is 11.3 Å². The summed E-state index contributed by atoms with van der Waals surface area (Å²) in [6.45, 7) is 0.166. The molecule has 1 aromatic heterocycles. The number of benzene rings is 1. The van der Waals surface area contributed by atoms with Crippen molar-refractivity contribution in [3.05, 3.63) is 46.7 Å². The first-order valence-electron chi connectivity index (χ1n) is 8.49. The molecule has 2 heterocycles. The number of ether oxygens (including phenoxy) is 3. The summed E-state index contributed by atoms with van der Waals surface area (Å²) in [6, 6.07) is 10.8. The largest absolute Gasteiger partial charge is 0.486 e. The lowest BCUT2D eigenvalue weighted by Gasteiger charge is -2.26. The van der Waals surface area contributed by atoms with Crippen LogP contribution in [0.25, 0.3) is 0 Å². The Labute approximate surface area is 160 Å². The second kappa shape index (κ2) is 9.18. The molecule has 1 amide bonds. The summed E-state index contributed by atoms with van der Waals surface area (Å²) in [7, 11) is 0. The van der Waals surface area contributed by atoms with Crippen molar-refractivity contribution in [2.24, 2.45) is 0 Å². The van der Waals surface area contributed by atoms with Gasteiger partial charge in [-0.05, 0) is 23.6 Å². The minimum Gasteiger partial charge on any atom is -0.486 e. The first-order chi connectivity index (χ1) is 13.1. The predicted octanol–water partition coefficient (Wildman–Crippen LogP) is 2.21. The van der Waals surface area contributed by atoms with Crippen LogP contribution >= 0.6 is 11.3 Å². The number of rotatable bonds is 8. The Morgan fingerprint density at radius 2 is 1.93 bits per heavy atom. The topological polar surface area (TPSA) is 90.9 Å². The van der Waals surface area contributed by atoms with Crippen LogP contribution < -0.4 is 14.8 Å². The molecule has 1 N–H and O–H groups in total. The summed E-state index contributed by atoms with van der Waals surface area (Å²) in [5.41, 5.74) is 0. The molecule has 1 atom stereocenters. The summed E-state index contributed by atoms with van der Waals surface area (Å²) in [5.74, 6) is 0.175. The number of carbonyl (C=O) groups excluding carboxylic acids is 3. The second-order valence-electron chi connectivity index (χ2n) is 5.86. The average molecular weight is 389 g/mol. The standard InChI is InChI=1S/C19H19NO6S/c21-14(17-6-3-9-27-17)7-8-19(23)25-12-18(22)20-10-13-11-24-15-4-1-2-5-16(15)26-13/h1-6,9,13H,7-8,10-12H2,(H,20,22)/t13-/m1/s1. The molecule has 3 rings (SSSR count). The van der Waals surface area contributed by atoms with Gasteiger partial charge in [-0.25, -0.2) is 0 Å². The number of fused-ring (bicyclic) bond motifs is 1. The number of ketones is 1. The number of thiophene rings is 1. The van der Waals surface area contributed by atoms with E-state index in [-0.39, 0.29) is 31.3 Å². The van der Waals surface area contributed by atoms with Crippen LogP contribution in [0.4, 0.5) is 0 Å². The lowest BCUT2D eigenvalue weighted by atomic mass is 10.2. The fourth-order valence-electron chi connectivity index (χ4n) is 2.44. The number of hydrogen-bond acceptors (Lipinski definition) is 7. The van der Waals surface area contributed by atoms with E-state index in [4.69, 9.17) is 14.2 Å². The van der Waals surface area contributed by atoms with Gasteiger partial charge in [-0.3, -0.25) is 14.4 Å². The highest BCUT2D eigenvalue weighted by Crippen LogP contribution is 2.30. The van der Waals surface area contributed by atoms with Crippen LogP contribution in [0.5, 0.6) is 11.5 Å². The number of Topliss-reactive ketones (excluding diaryl/α,β-unsaturated/α-hetero) is 1. The lowest BCUT2D eigenvalue weighted by molar-refractivity contribution is -0.148. The zero-order valence-corrected chi connectivity index (χ0v) is 15.3. The number of nitrogens with one attached hydrogen (secondary N) is 1. The van der Waals surface area contributed by atoms with E-state index in [0.717, 1.165) is 0 Å². The zero-order chi connectivity index (χ0) is 19.1. The fourth-order valence-corrected chi connectivity index (χ4v) is 3.13. The second-order valence-corrected chi connectivity index (χ2v) is 6.81. The maximum Gasteiger partial charge on any atom is 0.306 e. The third-order valence-electron chi connectivity index (χ3n) is 3.81. The van der Waals surface area contributed by atoms with Crippen LogP contribution in [0.2, 0.25) is 0 Å². The molecule has 2 aromatic rings. The van der Waals surface area contributed by atoms with Crippen LogP contribution in [0.1, 0.15) is 22.5 Å². The van der Waals surface area contributed by atoms with E-state index < -0.39 is 18.5 Å². The molecule has 142 valence electrons. The van der Waals surface area contributed by atoms with Crippen LogP contribution in [-0.2, 0) is 14.3 Å². The van der Waals surface area contributed by atoms with E-state index in [2.05, 4.69) is 5.32 Å². The van der Waals surface area contributed by atoms with Gasteiger partial charge in [-0.1, -0.05) is 18.2 Å². The van der Waals surface area contributed by atoms with Gasteiger partial charge in [-0.2, -0.15) is 0 Å². The Morgan fingerprint density at radius 1 is 1.11 bits per heavy atom. The summed E-state index contributed by atoms with van der Waals surface area (Å²) in [6.07, 6.45) is -0.309. The number of hydrogen-bond donors (Lipinski definition) is 1. The summed E-state index contributed by atoms with van der Waals surface area (Å²) in [4.78, 5) is 35.9. The Morgan fingerprint density at radius 3 is 2.70 bits per heavy atom. The number of esters is 1. The van der Waals surface area contributed by atoms with Crippen LogP contribution in [-0.4, -0.2) is 43.5 Å². The highest BCUT2D eigenvalue weighted by Gasteiger charge is 2.21. The normalized spacial score (nSPS) is 15.0. The van der Waals surface area contributed by atoms with Gasteiger partial charge in [0.2, 0.25) is 0 Å². The molecule has 0 saturated heterocycles. The molecule has 1 aliphatic heterocycles. The molecular weight excluding hydrogens is 370 g/mol. The maximum absolute atomic E-state index is 11.8. The first kappa shape index (κ1) is 18.9. The number of para-hydroxylation sites is 2. The third-order valence-corrected chi connectivity index (χ3v) is 4.72. The SMILES string of the molecule is O=C(COC(=O)CCC(=O)c1cccs1)NC[C@@H]1COc2ccccc2O1. The van der Waals surface area contributed by atoms with Gasteiger partial charge in [0, 0.05) is 6.42 Å². The van der Waals surface area contributed by atoms with E-state index in [0.29, 0.717) is 23.0 Å². The van der Waals surface area contributed by atoms with Crippen LogP contribution in [0.3, 0.4) is 0 Å². The molecule has 0 radical (unpaired) electrons. The minimum absolute atomic E-state index is 0.0552. The lowest BCUT2D eigenvalue weighted by Crippen LogP contribution is -2.42. The van der Waals surface area contributed by atoms with Gasteiger partial charge in [0.25, 0.3) is 5.91 Å². The quantitative estimate of drug-likeness (QED) is 0.550. The van der Waals surface area contributed by atoms with E-state index in [9.17, 15) is 14.4 Å². The molecule has 0 aliphatic carbocycles. The van der Waals surface area contributed by atoms with E-state index in [1.54, 1.807) is 23.6 Å². The van der Waals surface area contributed by atoms with Crippen molar-refractivity contribution >= 4 is 29.0 Å². The summed E-state index contributed by atoms with van der Waals surface area (Å²) < 4.78 is 16.2. The van der Waals surface area contributed by atoms with Crippen molar-refractivity contribution in [3.8, 4) is 11.5 Å². The Hall–Kier alpha value is -2.87.